The molecule has 1 aromatic heterocycles. The molecule has 1 unspecified atom stereocenters. The Morgan fingerprint density at radius 3 is 2.56 bits per heavy atom. The van der Waals surface area contributed by atoms with Gasteiger partial charge in [0.1, 0.15) is 5.82 Å². The molecule has 4 rings (SSSR count). The van der Waals surface area contributed by atoms with Crippen molar-refractivity contribution in [1.82, 2.24) is 9.97 Å². The third-order valence-electron chi connectivity index (χ3n) is 5.06. The Balaban J connectivity index is 1.61. The summed E-state index contributed by atoms with van der Waals surface area (Å²) < 4.78 is 44.1. The lowest BCUT2D eigenvalue weighted by Crippen LogP contribution is -2.22. The zero-order chi connectivity index (χ0) is 19.0. The van der Waals surface area contributed by atoms with Gasteiger partial charge in [-0.1, -0.05) is 25.0 Å². The van der Waals surface area contributed by atoms with E-state index in [1.54, 1.807) is 0 Å². The minimum Gasteiger partial charge on any atom is -0.376 e. The van der Waals surface area contributed by atoms with Crippen LogP contribution in [0.4, 0.5) is 19.0 Å². The maximum Gasteiger partial charge on any atom is 0.416 e. The first-order chi connectivity index (χ1) is 12.9. The summed E-state index contributed by atoms with van der Waals surface area (Å²) in [6, 6.07) is 5.12. The number of halogens is 4. The largest absolute Gasteiger partial charge is 0.416 e. The Hall–Kier alpha value is -1.86. The Morgan fingerprint density at radius 1 is 1.15 bits per heavy atom. The van der Waals surface area contributed by atoms with Crippen molar-refractivity contribution in [2.24, 2.45) is 5.92 Å². The third-order valence-corrected chi connectivity index (χ3v) is 5.22. The van der Waals surface area contributed by atoms with Crippen LogP contribution >= 0.6 is 11.6 Å². The molecule has 1 aromatic carbocycles. The van der Waals surface area contributed by atoms with E-state index in [0.717, 1.165) is 42.3 Å². The molecule has 0 radical (unpaired) electrons. The van der Waals surface area contributed by atoms with Gasteiger partial charge in [-0.25, -0.2) is 9.97 Å². The molecule has 4 nitrogen and oxygen atoms in total. The van der Waals surface area contributed by atoms with Gasteiger partial charge >= 0.3 is 6.18 Å². The fourth-order valence-electron chi connectivity index (χ4n) is 3.37. The number of nitrogens with zero attached hydrogens (tertiary/aromatic N) is 2. The van der Waals surface area contributed by atoms with Crippen LogP contribution in [-0.4, -0.2) is 23.1 Å². The molecule has 1 saturated carbocycles. The van der Waals surface area contributed by atoms with Crippen LogP contribution in [0.5, 0.6) is 0 Å². The van der Waals surface area contributed by atoms with Crippen LogP contribution in [-0.2, 0) is 17.5 Å². The molecule has 2 heterocycles. The number of anilines is 1. The van der Waals surface area contributed by atoms with E-state index in [9.17, 15) is 13.2 Å². The van der Waals surface area contributed by atoms with Gasteiger partial charge in [0.25, 0.3) is 0 Å². The zero-order valence-electron chi connectivity index (χ0n) is 14.5. The molecule has 0 bridgehead atoms. The molecular formula is C19H19ClF3N3O. The van der Waals surface area contributed by atoms with E-state index >= 15 is 0 Å². The lowest BCUT2D eigenvalue weighted by Gasteiger charge is -2.27. The number of hydrogen-bond donors (Lipinski definition) is 1. The van der Waals surface area contributed by atoms with E-state index < -0.39 is 11.7 Å². The van der Waals surface area contributed by atoms with E-state index in [0.29, 0.717) is 24.6 Å². The van der Waals surface area contributed by atoms with Crippen molar-refractivity contribution >= 4 is 17.4 Å². The highest BCUT2D eigenvalue weighted by Crippen LogP contribution is 2.37. The Kier molecular flexibility index (Phi) is 4.99. The van der Waals surface area contributed by atoms with Crippen LogP contribution in [0.25, 0.3) is 0 Å². The summed E-state index contributed by atoms with van der Waals surface area (Å²) >= 11 is 6.12. The van der Waals surface area contributed by atoms with Crippen LogP contribution in [0.15, 0.2) is 24.3 Å². The monoisotopic (exact) mass is 397 g/mol. The van der Waals surface area contributed by atoms with Crippen LogP contribution in [0.1, 0.15) is 47.6 Å². The highest BCUT2D eigenvalue weighted by atomic mass is 35.5. The van der Waals surface area contributed by atoms with Crippen molar-refractivity contribution in [3.8, 4) is 0 Å². The second-order valence-corrected chi connectivity index (χ2v) is 7.39. The topological polar surface area (TPSA) is 47.0 Å². The van der Waals surface area contributed by atoms with Crippen molar-refractivity contribution in [3.63, 3.8) is 0 Å². The van der Waals surface area contributed by atoms with Crippen molar-refractivity contribution in [1.29, 1.82) is 0 Å². The minimum absolute atomic E-state index is 0.126. The van der Waals surface area contributed by atoms with Crippen molar-refractivity contribution in [2.75, 3.05) is 18.5 Å². The molecule has 0 spiro atoms. The van der Waals surface area contributed by atoms with Crippen LogP contribution in [0, 0.1) is 5.92 Å². The summed E-state index contributed by atoms with van der Waals surface area (Å²) in [5.41, 5.74) is 1.58. The molecule has 2 aromatic rings. The van der Waals surface area contributed by atoms with E-state index in [1.807, 2.05) is 0 Å². The fraction of sp³-hybridized carbons (Fsp3) is 0.474. The van der Waals surface area contributed by atoms with Gasteiger partial charge in [-0.3, -0.25) is 0 Å². The molecular weight excluding hydrogens is 379 g/mol. The van der Waals surface area contributed by atoms with Crippen molar-refractivity contribution < 1.29 is 17.9 Å². The normalized spacial score (nSPS) is 19.6. The Morgan fingerprint density at radius 2 is 1.89 bits per heavy atom. The maximum absolute atomic E-state index is 12.8. The molecule has 1 aliphatic heterocycles. The van der Waals surface area contributed by atoms with Gasteiger partial charge in [0.15, 0.2) is 0 Å². The quantitative estimate of drug-likeness (QED) is 0.719. The molecule has 8 heteroatoms. The average molecular weight is 398 g/mol. The first-order valence-corrected chi connectivity index (χ1v) is 9.34. The zero-order valence-corrected chi connectivity index (χ0v) is 15.3. The SMILES string of the molecule is FC(F)(F)c1ccc(C2COCc3c(NCCC4CC4)nc(Cl)nc32)cc1. The molecule has 1 aliphatic carbocycles. The molecule has 144 valence electrons. The average Bonchev–Trinajstić information content (AvgIpc) is 3.45. The first kappa shape index (κ1) is 18.5. The van der Waals surface area contributed by atoms with E-state index in [1.165, 1.54) is 25.0 Å². The molecule has 0 saturated heterocycles. The molecule has 2 aliphatic rings. The number of alkyl halides is 3. The van der Waals surface area contributed by atoms with E-state index in [-0.39, 0.29) is 11.2 Å². The number of aromatic nitrogens is 2. The minimum atomic E-state index is -4.36. The predicted molar refractivity (Wildman–Crippen MR) is 95.8 cm³/mol. The van der Waals surface area contributed by atoms with E-state index in [4.69, 9.17) is 16.3 Å². The number of fused-ring (bicyclic) bond motifs is 1. The highest BCUT2D eigenvalue weighted by molar-refractivity contribution is 6.28. The highest BCUT2D eigenvalue weighted by Gasteiger charge is 2.32. The lowest BCUT2D eigenvalue weighted by atomic mass is 9.91. The van der Waals surface area contributed by atoms with Gasteiger partial charge in [-0.2, -0.15) is 13.2 Å². The van der Waals surface area contributed by atoms with E-state index in [2.05, 4.69) is 15.3 Å². The summed E-state index contributed by atoms with van der Waals surface area (Å²) in [7, 11) is 0. The van der Waals surface area contributed by atoms with Crippen LogP contribution in [0.3, 0.4) is 0 Å². The number of ether oxygens (including phenoxy) is 1. The molecule has 1 atom stereocenters. The Labute approximate surface area is 160 Å². The first-order valence-electron chi connectivity index (χ1n) is 8.97. The second kappa shape index (κ2) is 7.28. The summed E-state index contributed by atoms with van der Waals surface area (Å²) in [6.07, 6.45) is -0.712. The number of nitrogens with one attached hydrogen (secondary N) is 1. The van der Waals surface area contributed by atoms with Gasteiger partial charge in [0.05, 0.1) is 30.4 Å². The number of rotatable bonds is 5. The van der Waals surface area contributed by atoms with Gasteiger partial charge in [0, 0.05) is 12.1 Å². The summed E-state index contributed by atoms with van der Waals surface area (Å²) in [5, 5.41) is 3.45. The standard InChI is InChI=1S/C19H19ClF3N3O/c20-18-25-16-14(12-3-5-13(6-4-12)19(21,22)23)9-27-10-15(16)17(26-18)24-8-7-11-1-2-11/h3-6,11,14H,1-2,7-10H2,(H,24,25,26). The fourth-order valence-corrected chi connectivity index (χ4v) is 3.54. The summed E-state index contributed by atoms with van der Waals surface area (Å²) in [4.78, 5) is 8.66. The van der Waals surface area contributed by atoms with Gasteiger partial charge < -0.3 is 10.1 Å². The number of benzene rings is 1. The van der Waals surface area contributed by atoms with Crippen LogP contribution < -0.4 is 5.32 Å². The Bertz CT molecular complexity index is 822. The number of hydrogen-bond acceptors (Lipinski definition) is 4. The van der Waals surface area contributed by atoms with Gasteiger partial charge in [0.2, 0.25) is 5.28 Å². The second-order valence-electron chi connectivity index (χ2n) is 7.05. The predicted octanol–water partition coefficient (Wildman–Crippen LogP) is 5.02. The molecule has 0 amide bonds. The maximum atomic E-state index is 12.8. The van der Waals surface area contributed by atoms with Gasteiger partial charge in [-0.15, -0.1) is 0 Å². The smallest absolute Gasteiger partial charge is 0.376 e. The summed E-state index contributed by atoms with van der Waals surface area (Å²) in [6.45, 7) is 1.50. The van der Waals surface area contributed by atoms with Crippen molar-refractivity contribution in [3.05, 3.63) is 51.9 Å². The third kappa shape index (κ3) is 4.19. The summed E-state index contributed by atoms with van der Waals surface area (Å²) in [5.74, 6) is 1.17. The molecule has 27 heavy (non-hydrogen) atoms. The van der Waals surface area contributed by atoms with Gasteiger partial charge in [-0.05, 0) is 41.6 Å². The lowest BCUT2D eigenvalue weighted by molar-refractivity contribution is -0.137. The van der Waals surface area contributed by atoms with Crippen LogP contribution in [0.2, 0.25) is 5.28 Å². The van der Waals surface area contributed by atoms with Crippen molar-refractivity contribution in [2.45, 2.75) is 38.0 Å². The molecule has 1 N–H and O–H groups in total. The molecule has 1 fully saturated rings.